The Morgan fingerprint density at radius 3 is 2.78 bits per heavy atom. The number of likely N-dealkylation sites (tertiary alicyclic amines) is 1. The van der Waals surface area contributed by atoms with E-state index in [-0.39, 0.29) is 30.1 Å². The highest BCUT2D eigenvalue weighted by atomic mass is 16.5. The molecule has 1 N–H and O–H groups in total. The van der Waals surface area contributed by atoms with Crippen LogP contribution in [0.15, 0.2) is 30.7 Å². The first-order valence-corrected chi connectivity index (χ1v) is 9.28. The van der Waals surface area contributed by atoms with Crippen molar-refractivity contribution >= 4 is 17.8 Å². The van der Waals surface area contributed by atoms with Gasteiger partial charge in [-0.2, -0.15) is 5.10 Å². The Kier molecular flexibility index (Phi) is 6.05. The van der Waals surface area contributed by atoms with E-state index in [1.54, 1.807) is 32.6 Å². The Balaban J connectivity index is 1.82. The zero-order valence-corrected chi connectivity index (χ0v) is 15.7. The monoisotopic (exact) mass is 371 g/mol. The molecule has 144 valence electrons. The van der Waals surface area contributed by atoms with Crippen LogP contribution in [-0.4, -0.2) is 44.8 Å². The number of hydrogen-bond acceptors (Lipinski definition) is 5. The van der Waals surface area contributed by atoms with Crippen molar-refractivity contribution in [1.29, 1.82) is 0 Å². The Hall–Kier alpha value is -2.90. The van der Waals surface area contributed by atoms with E-state index in [1.165, 1.54) is 4.68 Å². The predicted octanol–water partition coefficient (Wildman–Crippen LogP) is 3.14. The fraction of sp³-hybridized carbons (Fsp3) is 0.474. The summed E-state index contributed by atoms with van der Waals surface area (Å²) in [6.45, 7) is 2.65. The number of ether oxygens (including phenoxy) is 1. The molecule has 0 saturated carbocycles. The van der Waals surface area contributed by atoms with Crippen LogP contribution in [0.4, 0.5) is 10.6 Å². The maximum Gasteiger partial charge on any atom is 0.343 e. The zero-order chi connectivity index (χ0) is 19.2. The topological polar surface area (TPSA) is 89.3 Å². The average Bonchev–Trinajstić information content (AvgIpc) is 2.88. The molecule has 2 aromatic rings. The molecule has 3 rings (SSSR count). The van der Waals surface area contributed by atoms with E-state index in [2.05, 4.69) is 15.4 Å². The van der Waals surface area contributed by atoms with Crippen LogP contribution >= 0.6 is 0 Å². The minimum atomic E-state index is -0.498. The maximum atomic E-state index is 13.0. The molecule has 2 aromatic heterocycles. The Bertz CT molecular complexity index is 790. The summed E-state index contributed by atoms with van der Waals surface area (Å²) in [6, 6.07) is 3.61. The summed E-state index contributed by atoms with van der Waals surface area (Å²) in [5.74, 6) is -0.277. The first-order chi connectivity index (χ1) is 13.1. The van der Waals surface area contributed by atoms with Gasteiger partial charge in [-0.15, -0.1) is 0 Å². The number of nitrogens with one attached hydrogen (secondary N) is 1. The summed E-state index contributed by atoms with van der Waals surface area (Å²) in [5, 5.41) is 7.02. The molecular weight excluding hydrogens is 346 g/mol. The molecule has 27 heavy (non-hydrogen) atoms. The van der Waals surface area contributed by atoms with Crippen LogP contribution in [0.3, 0.4) is 0 Å². The van der Waals surface area contributed by atoms with Gasteiger partial charge in [-0.05, 0) is 37.5 Å². The quantitative estimate of drug-likeness (QED) is 0.834. The molecule has 2 amide bonds. The van der Waals surface area contributed by atoms with Gasteiger partial charge in [-0.25, -0.2) is 9.59 Å². The third kappa shape index (κ3) is 4.45. The number of carbonyl (C=O) groups excluding carboxylic acids is 2. The molecule has 1 aliphatic heterocycles. The second-order valence-corrected chi connectivity index (χ2v) is 6.55. The second kappa shape index (κ2) is 8.66. The number of anilines is 1. The SMILES string of the molecule is CCOC(=O)c1cn(C)nc1NC(=O)N1CCCCCC1c1ccncc1. The molecule has 0 bridgehead atoms. The number of rotatable bonds is 4. The fourth-order valence-electron chi connectivity index (χ4n) is 3.40. The summed E-state index contributed by atoms with van der Waals surface area (Å²) in [6.07, 6.45) is 9.03. The van der Waals surface area contributed by atoms with Gasteiger partial charge in [0.25, 0.3) is 0 Å². The van der Waals surface area contributed by atoms with Crippen LogP contribution in [0.5, 0.6) is 0 Å². The lowest BCUT2D eigenvalue weighted by atomic mass is 10.0. The van der Waals surface area contributed by atoms with Gasteiger partial charge in [0, 0.05) is 32.2 Å². The van der Waals surface area contributed by atoms with Crippen molar-refractivity contribution in [2.24, 2.45) is 7.05 Å². The van der Waals surface area contributed by atoms with Crippen LogP contribution < -0.4 is 5.32 Å². The van der Waals surface area contributed by atoms with Crippen molar-refractivity contribution in [1.82, 2.24) is 19.7 Å². The molecule has 8 heteroatoms. The first-order valence-electron chi connectivity index (χ1n) is 9.28. The standard InChI is InChI=1S/C19H25N5O3/c1-3-27-18(25)15-13-23(2)22-17(15)21-19(26)24-12-6-4-5-7-16(24)14-8-10-20-11-9-14/h8-11,13,16H,3-7,12H2,1-2H3,(H,21,22,26). The highest BCUT2D eigenvalue weighted by Gasteiger charge is 2.28. The highest BCUT2D eigenvalue weighted by molar-refractivity contribution is 5.99. The van der Waals surface area contributed by atoms with Crippen molar-refractivity contribution in [2.75, 3.05) is 18.5 Å². The van der Waals surface area contributed by atoms with Gasteiger partial charge in [0.2, 0.25) is 0 Å². The number of hydrogen-bond donors (Lipinski definition) is 1. The summed E-state index contributed by atoms with van der Waals surface area (Å²) in [4.78, 5) is 31.1. The van der Waals surface area contributed by atoms with Crippen LogP contribution in [0.25, 0.3) is 0 Å². The first kappa shape index (κ1) is 18.9. The lowest BCUT2D eigenvalue weighted by Gasteiger charge is -2.30. The molecule has 1 atom stereocenters. The average molecular weight is 371 g/mol. The van der Waals surface area contributed by atoms with Crippen LogP contribution in [0.2, 0.25) is 0 Å². The van der Waals surface area contributed by atoms with E-state index in [4.69, 9.17) is 4.74 Å². The smallest absolute Gasteiger partial charge is 0.343 e. The van der Waals surface area contributed by atoms with E-state index in [0.29, 0.717) is 6.54 Å². The molecule has 1 aliphatic rings. The van der Waals surface area contributed by atoms with Crippen molar-refractivity contribution < 1.29 is 14.3 Å². The summed E-state index contributed by atoms with van der Waals surface area (Å²) in [7, 11) is 1.70. The Morgan fingerprint density at radius 2 is 2.04 bits per heavy atom. The molecule has 0 aliphatic carbocycles. The second-order valence-electron chi connectivity index (χ2n) is 6.55. The minimum absolute atomic E-state index is 0.0229. The number of nitrogens with zero attached hydrogens (tertiary/aromatic N) is 4. The lowest BCUT2D eigenvalue weighted by molar-refractivity contribution is 0.0527. The van der Waals surface area contributed by atoms with Gasteiger partial charge in [-0.3, -0.25) is 15.0 Å². The van der Waals surface area contributed by atoms with Gasteiger partial charge in [0.1, 0.15) is 5.56 Å². The van der Waals surface area contributed by atoms with Crippen molar-refractivity contribution in [2.45, 2.75) is 38.6 Å². The molecule has 0 aromatic carbocycles. The summed E-state index contributed by atoms with van der Waals surface area (Å²) >= 11 is 0. The number of carbonyl (C=O) groups is 2. The Morgan fingerprint density at radius 1 is 1.26 bits per heavy atom. The van der Waals surface area contributed by atoms with Gasteiger partial charge >= 0.3 is 12.0 Å². The van der Waals surface area contributed by atoms with Crippen LogP contribution in [0, 0.1) is 0 Å². The van der Waals surface area contributed by atoms with Crippen LogP contribution in [0.1, 0.15) is 54.6 Å². The van der Waals surface area contributed by atoms with E-state index in [9.17, 15) is 9.59 Å². The fourth-order valence-corrected chi connectivity index (χ4v) is 3.40. The normalized spacial score (nSPS) is 17.3. The molecule has 1 saturated heterocycles. The number of pyridine rings is 1. The minimum Gasteiger partial charge on any atom is -0.462 e. The highest BCUT2D eigenvalue weighted by Crippen LogP contribution is 2.30. The third-order valence-corrected chi connectivity index (χ3v) is 4.65. The van der Waals surface area contributed by atoms with Crippen molar-refractivity contribution in [3.63, 3.8) is 0 Å². The maximum absolute atomic E-state index is 13.0. The number of amides is 2. The number of aromatic nitrogens is 3. The predicted molar refractivity (Wildman–Crippen MR) is 100 cm³/mol. The molecular formula is C19H25N5O3. The molecule has 3 heterocycles. The number of esters is 1. The van der Waals surface area contributed by atoms with Gasteiger partial charge in [0.05, 0.1) is 12.6 Å². The summed E-state index contributed by atoms with van der Waals surface area (Å²) < 4.78 is 6.55. The van der Waals surface area contributed by atoms with Crippen LogP contribution in [-0.2, 0) is 11.8 Å². The van der Waals surface area contributed by atoms with Crippen molar-refractivity contribution in [3.8, 4) is 0 Å². The van der Waals surface area contributed by atoms with Gasteiger partial charge in [-0.1, -0.05) is 12.8 Å². The zero-order valence-electron chi connectivity index (χ0n) is 15.7. The van der Waals surface area contributed by atoms with E-state index in [0.717, 1.165) is 31.2 Å². The number of urea groups is 1. The lowest BCUT2D eigenvalue weighted by Crippen LogP contribution is -2.38. The molecule has 8 nitrogen and oxygen atoms in total. The Labute approximate surface area is 158 Å². The summed E-state index contributed by atoms with van der Waals surface area (Å²) in [5.41, 5.74) is 1.32. The number of aryl methyl sites for hydroxylation is 1. The van der Waals surface area contributed by atoms with Gasteiger partial charge in [0.15, 0.2) is 5.82 Å². The molecule has 0 spiro atoms. The van der Waals surface area contributed by atoms with E-state index < -0.39 is 5.97 Å². The molecule has 1 unspecified atom stereocenters. The van der Waals surface area contributed by atoms with E-state index >= 15 is 0 Å². The molecule has 1 fully saturated rings. The largest absolute Gasteiger partial charge is 0.462 e. The van der Waals surface area contributed by atoms with Crippen molar-refractivity contribution in [3.05, 3.63) is 41.9 Å². The van der Waals surface area contributed by atoms with E-state index in [1.807, 2.05) is 17.0 Å². The third-order valence-electron chi connectivity index (χ3n) is 4.65. The van der Waals surface area contributed by atoms with Gasteiger partial charge < -0.3 is 9.64 Å². The molecule has 0 radical (unpaired) electrons.